The average molecular weight is 227 g/mol. The largest absolute Gasteiger partial charge is 0.0642 e. The quantitative estimate of drug-likeness (QED) is 0.591. The summed E-state index contributed by atoms with van der Waals surface area (Å²) >= 11 is 0. The highest BCUT2D eigenvalue weighted by molar-refractivity contribution is 5.57. The van der Waals surface area contributed by atoms with Gasteiger partial charge in [-0.2, -0.15) is 0 Å². The van der Waals surface area contributed by atoms with Crippen LogP contribution in [0.1, 0.15) is 48.0 Å². The van der Waals surface area contributed by atoms with Gasteiger partial charge in [0, 0.05) is 10.8 Å². The monoisotopic (exact) mass is 227 g/mol. The minimum Gasteiger partial charge on any atom is -0.0642 e. The van der Waals surface area contributed by atoms with E-state index in [0.29, 0.717) is 0 Å². The van der Waals surface area contributed by atoms with Crippen LogP contribution < -0.4 is 0 Å². The van der Waals surface area contributed by atoms with Gasteiger partial charge in [-0.1, -0.05) is 57.1 Å². The maximum absolute atomic E-state index is 3.71. The van der Waals surface area contributed by atoms with Crippen LogP contribution in [0.4, 0.5) is 0 Å². The molecule has 0 nitrogen and oxygen atoms in total. The smallest absolute Gasteiger partial charge is 0.0144 e. The van der Waals surface area contributed by atoms with Crippen LogP contribution in [-0.2, 0) is 0 Å². The van der Waals surface area contributed by atoms with Gasteiger partial charge in [-0.05, 0) is 37.5 Å². The van der Waals surface area contributed by atoms with Crippen LogP contribution in [0.25, 0.3) is 0 Å². The van der Waals surface area contributed by atoms with Crippen LogP contribution in [0.15, 0.2) is 40.5 Å². The molecule has 1 atom stereocenters. The standard InChI is InChI=1S/C17H23/c1-7-17(6)11-14-10-8-9-12(2)16(4,5)15(14)13(17)3/h8-10H,7H2,1-6H3. The first kappa shape index (κ1) is 12.4. The number of rotatable bonds is 1. The lowest BCUT2D eigenvalue weighted by Crippen LogP contribution is -2.19. The first-order chi connectivity index (χ1) is 7.83. The van der Waals surface area contributed by atoms with Crippen molar-refractivity contribution in [3.63, 3.8) is 0 Å². The second kappa shape index (κ2) is 3.73. The third-order valence-corrected chi connectivity index (χ3v) is 4.81. The molecule has 0 saturated carbocycles. The van der Waals surface area contributed by atoms with E-state index in [9.17, 15) is 0 Å². The first-order valence-electron chi connectivity index (χ1n) is 6.55. The van der Waals surface area contributed by atoms with Gasteiger partial charge in [0.1, 0.15) is 0 Å². The van der Waals surface area contributed by atoms with Crippen LogP contribution in [0.3, 0.4) is 0 Å². The van der Waals surface area contributed by atoms with E-state index < -0.39 is 0 Å². The van der Waals surface area contributed by atoms with Crippen LogP contribution in [-0.4, -0.2) is 0 Å². The number of hydrogen-bond donors (Lipinski definition) is 0. The van der Waals surface area contributed by atoms with E-state index in [1.54, 1.807) is 0 Å². The topological polar surface area (TPSA) is 0 Å². The summed E-state index contributed by atoms with van der Waals surface area (Å²) in [6, 6.07) is 0. The minimum absolute atomic E-state index is 0.128. The van der Waals surface area contributed by atoms with Gasteiger partial charge in [-0.3, -0.25) is 0 Å². The average Bonchev–Trinajstić information content (AvgIpc) is 2.46. The maximum Gasteiger partial charge on any atom is 0.0144 e. The van der Waals surface area contributed by atoms with E-state index in [2.05, 4.69) is 65.8 Å². The molecule has 0 saturated heterocycles. The summed E-state index contributed by atoms with van der Waals surface area (Å²) in [7, 11) is 0. The van der Waals surface area contributed by atoms with E-state index in [1.807, 2.05) is 0 Å². The Morgan fingerprint density at radius 3 is 2.41 bits per heavy atom. The zero-order chi connectivity index (χ0) is 12.8. The molecule has 1 radical (unpaired) electrons. The molecule has 2 aliphatic rings. The number of fused-ring (bicyclic) bond motifs is 1. The van der Waals surface area contributed by atoms with Gasteiger partial charge in [-0.25, -0.2) is 0 Å². The lowest BCUT2D eigenvalue weighted by molar-refractivity contribution is 0.470. The predicted octanol–water partition coefficient (Wildman–Crippen LogP) is 5.00. The van der Waals surface area contributed by atoms with Gasteiger partial charge in [0.15, 0.2) is 0 Å². The Morgan fingerprint density at radius 1 is 1.18 bits per heavy atom. The van der Waals surface area contributed by atoms with Gasteiger partial charge in [0.2, 0.25) is 0 Å². The molecule has 0 fully saturated rings. The molecule has 91 valence electrons. The van der Waals surface area contributed by atoms with Crippen molar-refractivity contribution in [3.05, 3.63) is 46.6 Å². The Balaban J connectivity index is 2.67. The summed E-state index contributed by atoms with van der Waals surface area (Å²) in [5.74, 6) is 0. The highest BCUT2D eigenvalue weighted by Gasteiger charge is 2.39. The highest BCUT2D eigenvalue weighted by atomic mass is 14.4. The molecule has 17 heavy (non-hydrogen) atoms. The third kappa shape index (κ3) is 1.66. The van der Waals surface area contributed by atoms with Crippen LogP contribution >= 0.6 is 0 Å². The second-order valence-corrected chi connectivity index (χ2v) is 6.06. The summed E-state index contributed by atoms with van der Waals surface area (Å²) in [6.07, 6.45) is 11.5. The molecule has 0 aromatic heterocycles. The summed E-state index contributed by atoms with van der Waals surface area (Å²) in [4.78, 5) is 0. The van der Waals surface area contributed by atoms with Crippen molar-refractivity contribution in [2.24, 2.45) is 10.8 Å². The molecule has 0 aromatic carbocycles. The SMILES string of the molecule is CCC1(C)[C]=C2C=CC=C(C)C(C)(C)C2=C1C. The van der Waals surface area contributed by atoms with Crippen molar-refractivity contribution in [2.45, 2.75) is 48.0 Å². The van der Waals surface area contributed by atoms with Crippen LogP contribution in [0, 0.1) is 16.9 Å². The van der Waals surface area contributed by atoms with Crippen molar-refractivity contribution in [2.75, 3.05) is 0 Å². The normalized spacial score (nSPS) is 30.9. The fraction of sp³-hybridized carbons (Fsp3) is 0.529. The predicted molar refractivity (Wildman–Crippen MR) is 74.5 cm³/mol. The molecule has 0 spiro atoms. The van der Waals surface area contributed by atoms with Crippen molar-refractivity contribution in [1.82, 2.24) is 0 Å². The van der Waals surface area contributed by atoms with E-state index in [1.165, 1.54) is 22.3 Å². The molecule has 0 heteroatoms. The van der Waals surface area contributed by atoms with Crippen molar-refractivity contribution in [3.8, 4) is 0 Å². The Bertz CT molecular complexity index is 466. The molecule has 1 unspecified atom stereocenters. The molecule has 0 aliphatic heterocycles. The Labute approximate surface area is 106 Å². The number of hydrogen-bond acceptors (Lipinski definition) is 0. The fourth-order valence-corrected chi connectivity index (χ4v) is 2.91. The summed E-state index contributed by atoms with van der Waals surface area (Å²) in [6.45, 7) is 13.7. The van der Waals surface area contributed by atoms with E-state index >= 15 is 0 Å². The van der Waals surface area contributed by atoms with Gasteiger partial charge in [0.25, 0.3) is 0 Å². The lowest BCUT2D eigenvalue weighted by Gasteiger charge is -2.31. The van der Waals surface area contributed by atoms with Gasteiger partial charge in [0.05, 0.1) is 0 Å². The van der Waals surface area contributed by atoms with Crippen LogP contribution in [0.5, 0.6) is 0 Å². The molecule has 0 N–H and O–H groups in total. The summed E-state index contributed by atoms with van der Waals surface area (Å²) in [5, 5.41) is 0. The van der Waals surface area contributed by atoms with Gasteiger partial charge in [-0.15, -0.1) is 0 Å². The molecule has 2 rings (SSSR count). The Kier molecular flexibility index (Phi) is 2.72. The first-order valence-corrected chi connectivity index (χ1v) is 6.55. The second-order valence-electron chi connectivity index (χ2n) is 6.06. The van der Waals surface area contributed by atoms with Gasteiger partial charge >= 0.3 is 0 Å². The lowest BCUT2D eigenvalue weighted by atomic mass is 9.73. The van der Waals surface area contributed by atoms with Crippen molar-refractivity contribution in [1.29, 1.82) is 0 Å². The zero-order valence-electron chi connectivity index (χ0n) is 11.9. The third-order valence-electron chi connectivity index (χ3n) is 4.81. The number of allylic oxidation sites excluding steroid dienone is 8. The molecule has 0 aromatic rings. The molecule has 0 heterocycles. The Morgan fingerprint density at radius 2 is 1.82 bits per heavy atom. The summed E-state index contributed by atoms with van der Waals surface area (Å²) < 4.78 is 0. The zero-order valence-corrected chi connectivity index (χ0v) is 11.9. The van der Waals surface area contributed by atoms with E-state index in [0.717, 1.165) is 6.42 Å². The van der Waals surface area contributed by atoms with Crippen molar-refractivity contribution < 1.29 is 0 Å². The molecular weight excluding hydrogens is 204 g/mol. The minimum atomic E-state index is 0.128. The molecular formula is C17H23. The molecule has 0 amide bonds. The molecule has 2 aliphatic carbocycles. The molecule has 0 bridgehead atoms. The maximum atomic E-state index is 3.71. The van der Waals surface area contributed by atoms with E-state index in [4.69, 9.17) is 0 Å². The Hall–Kier alpha value is -1.04. The van der Waals surface area contributed by atoms with Crippen molar-refractivity contribution >= 4 is 0 Å². The van der Waals surface area contributed by atoms with E-state index in [-0.39, 0.29) is 10.8 Å². The highest BCUT2D eigenvalue weighted by Crippen LogP contribution is 2.52. The van der Waals surface area contributed by atoms with Gasteiger partial charge < -0.3 is 0 Å². The summed E-state index contributed by atoms with van der Waals surface area (Å²) in [5.41, 5.74) is 5.99. The van der Waals surface area contributed by atoms with Crippen LogP contribution in [0.2, 0.25) is 0 Å². The fourth-order valence-electron chi connectivity index (χ4n) is 2.91.